The quantitative estimate of drug-likeness (QED) is 0.890. The minimum atomic E-state index is -0.524. The Morgan fingerprint density at radius 1 is 1.28 bits per heavy atom. The molecule has 0 bridgehead atoms. The summed E-state index contributed by atoms with van der Waals surface area (Å²) in [6.45, 7) is 6.87. The van der Waals surface area contributed by atoms with Gasteiger partial charge in [0.2, 0.25) is 0 Å². The first-order valence-electron chi connectivity index (χ1n) is 8.89. The number of hydrogen-bond acceptors (Lipinski definition) is 4. The van der Waals surface area contributed by atoms with Gasteiger partial charge in [-0.2, -0.15) is 0 Å². The molecule has 2 heterocycles. The first-order valence-corrected chi connectivity index (χ1v) is 8.89. The maximum atomic E-state index is 12.4. The zero-order valence-corrected chi connectivity index (χ0v) is 15.1. The molecule has 2 aliphatic heterocycles. The maximum absolute atomic E-state index is 12.4. The first kappa shape index (κ1) is 17.7. The number of amides is 2. The highest BCUT2D eigenvalue weighted by Crippen LogP contribution is 2.31. The van der Waals surface area contributed by atoms with Crippen molar-refractivity contribution in [3.63, 3.8) is 0 Å². The monoisotopic (exact) mass is 346 g/mol. The molecule has 2 aliphatic rings. The molecule has 1 fully saturated rings. The molecule has 0 unspecified atom stereocenters. The van der Waals surface area contributed by atoms with Crippen molar-refractivity contribution in [3.05, 3.63) is 23.8 Å². The number of nitrogens with one attached hydrogen (secondary N) is 1. The number of benzene rings is 1. The lowest BCUT2D eigenvalue weighted by molar-refractivity contribution is -0.124. The number of aryl methyl sites for hydroxylation is 1. The van der Waals surface area contributed by atoms with Crippen molar-refractivity contribution in [1.82, 2.24) is 0 Å². The third-order valence-corrected chi connectivity index (χ3v) is 4.30. The Morgan fingerprint density at radius 2 is 2.08 bits per heavy atom. The van der Waals surface area contributed by atoms with Crippen molar-refractivity contribution in [2.45, 2.75) is 58.2 Å². The summed E-state index contributed by atoms with van der Waals surface area (Å²) >= 11 is 0. The molecule has 2 amide bonds. The van der Waals surface area contributed by atoms with Crippen LogP contribution in [0, 0.1) is 0 Å². The molecule has 136 valence electrons. The van der Waals surface area contributed by atoms with Crippen molar-refractivity contribution in [2.75, 3.05) is 23.4 Å². The lowest BCUT2D eigenvalue weighted by Gasteiger charge is -2.32. The molecule has 1 aromatic carbocycles. The van der Waals surface area contributed by atoms with Crippen molar-refractivity contribution in [3.8, 4) is 0 Å². The second-order valence-electron chi connectivity index (χ2n) is 7.57. The Hall–Kier alpha value is -2.08. The van der Waals surface area contributed by atoms with Crippen LogP contribution in [0.25, 0.3) is 0 Å². The Kier molecular flexibility index (Phi) is 4.99. The summed E-state index contributed by atoms with van der Waals surface area (Å²) in [7, 11) is 0. The predicted molar refractivity (Wildman–Crippen MR) is 95.9 cm³/mol. The van der Waals surface area contributed by atoms with Crippen LogP contribution in [-0.2, 0) is 20.7 Å². The smallest absolute Gasteiger partial charge is 0.414 e. The molecule has 0 saturated carbocycles. The largest absolute Gasteiger partial charge is 0.443 e. The maximum Gasteiger partial charge on any atom is 0.414 e. The minimum Gasteiger partial charge on any atom is -0.443 e. The summed E-state index contributed by atoms with van der Waals surface area (Å²) in [5.74, 6) is -0.0998. The Bertz CT molecular complexity index is 660. The summed E-state index contributed by atoms with van der Waals surface area (Å²) in [6.07, 6.45) is 2.75. The molecular weight excluding hydrogens is 320 g/mol. The molecular formula is C19H26N2O4. The van der Waals surface area contributed by atoms with Gasteiger partial charge in [0.25, 0.3) is 5.91 Å². The van der Waals surface area contributed by atoms with Gasteiger partial charge < -0.3 is 14.8 Å². The minimum absolute atomic E-state index is 0.0998. The second-order valence-corrected chi connectivity index (χ2v) is 7.57. The summed E-state index contributed by atoms with van der Waals surface area (Å²) in [6, 6.07) is 5.65. The molecule has 1 atom stereocenters. The third kappa shape index (κ3) is 4.31. The van der Waals surface area contributed by atoms with Gasteiger partial charge in [-0.25, -0.2) is 4.79 Å². The summed E-state index contributed by atoms with van der Waals surface area (Å²) in [5, 5.41) is 2.92. The topological polar surface area (TPSA) is 67.9 Å². The van der Waals surface area contributed by atoms with Gasteiger partial charge in [-0.1, -0.05) is 0 Å². The van der Waals surface area contributed by atoms with Gasteiger partial charge in [-0.3, -0.25) is 9.69 Å². The van der Waals surface area contributed by atoms with E-state index < -0.39 is 5.60 Å². The number of rotatable bonds is 2. The highest BCUT2D eigenvalue weighted by molar-refractivity contribution is 5.95. The van der Waals surface area contributed by atoms with E-state index in [0.29, 0.717) is 13.2 Å². The van der Waals surface area contributed by atoms with Crippen molar-refractivity contribution < 1.29 is 19.1 Å². The van der Waals surface area contributed by atoms with Crippen LogP contribution >= 0.6 is 0 Å². The second kappa shape index (κ2) is 7.04. The van der Waals surface area contributed by atoms with Crippen LogP contribution in [0.1, 0.15) is 45.6 Å². The zero-order chi connectivity index (χ0) is 18.0. The highest BCUT2D eigenvalue weighted by Gasteiger charge is 2.28. The molecule has 6 heteroatoms. The highest BCUT2D eigenvalue weighted by atomic mass is 16.6. The van der Waals surface area contributed by atoms with Crippen LogP contribution in [0.15, 0.2) is 18.2 Å². The van der Waals surface area contributed by atoms with E-state index in [1.807, 2.05) is 39.0 Å². The summed E-state index contributed by atoms with van der Waals surface area (Å²) in [4.78, 5) is 26.3. The van der Waals surface area contributed by atoms with Gasteiger partial charge in [-0.05, 0) is 70.2 Å². The van der Waals surface area contributed by atoms with E-state index >= 15 is 0 Å². The first-order chi connectivity index (χ1) is 11.8. The van der Waals surface area contributed by atoms with Gasteiger partial charge in [0.15, 0.2) is 0 Å². The molecule has 25 heavy (non-hydrogen) atoms. The Labute approximate surface area is 148 Å². The molecule has 0 aliphatic carbocycles. The van der Waals surface area contributed by atoms with Crippen LogP contribution in [0.4, 0.5) is 16.2 Å². The van der Waals surface area contributed by atoms with Gasteiger partial charge in [0, 0.05) is 18.8 Å². The number of ether oxygens (including phenoxy) is 2. The fraction of sp³-hybridized carbons (Fsp3) is 0.579. The molecule has 0 spiro atoms. The lowest BCUT2D eigenvalue weighted by Crippen LogP contribution is -2.39. The molecule has 0 radical (unpaired) electrons. The van der Waals surface area contributed by atoms with E-state index in [2.05, 4.69) is 5.32 Å². The van der Waals surface area contributed by atoms with E-state index in [-0.39, 0.29) is 18.1 Å². The molecule has 0 aromatic heterocycles. The molecule has 6 nitrogen and oxygen atoms in total. The van der Waals surface area contributed by atoms with E-state index in [0.717, 1.165) is 42.6 Å². The summed E-state index contributed by atoms with van der Waals surface area (Å²) < 4.78 is 10.9. The van der Waals surface area contributed by atoms with Gasteiger partial charge in [-0.15, -0.1) is 0 Å². The predicted octanol–water partition coefficient (Wildman–Crippen LogP) is 3.49. The Morgan fingerprint density at radius 3 is 2.76 bits per heavy atom. The van der Waals surface area contributed by atoms with E-state index in [9.17, 15) is 9.59 Å². The van der Waals surface area contributed by atoms with Crippen molar-refractivity contribution in [1.29, 1.82) is 0 Å². The lowest BCUT2D eigenvalue weighted by atomic mass is 10.0. The van der Waals surface area contributed by atoms with Crippen LogP contribution in [0.3, 0.4) is 0 Å². The Balaban J connectivity index is 1.73. The van der Waals surface area contributed by atoms with Crippen LogP contribution < -0.4 is 10.2 Å². The number of hydrogen-bond donors (Lipinski definition) is 1. The molecule has 1 aromatic rings. The van der Waals surface area contributed by atoms with Crippen LogP contribution in [-0.4, -0.2) is 36.9 Å². The molecule has 1 N–H and O–H groups in total. The standard InChI is InChI=1S/C19H26N2O4/c1-19(2,3)25-18(23)21-10-4-6-13-12-14(8-9-15(13)21)20-17(22)16-7-5-11-24-16/h8-9,12,16H,4-7,10-11H2,1-3H3,(H,20,22)/t16-/m1/s1. The number of anilines is 2. The number of carbonyl (C=O) groups excluding carboxylic acids is 2. The third-order valence-electron chi connectivity index (χ3n) is 4.30. The van der Waals surface area contributed by atoms with E-state index in [4.69, 9.17) is 9.47 Å². The molecule has 3 rings (SSSR count). The average molecular weight is 346 g/mol. The van der Waals surface area contributed by atoms with Crippen molar-refractivity contribution >= 4 is 23.4 Å². The van der Waals surface area contributed by atoms with Crippen molar-refractivity contribution in [2.24, 2.45) is 0 Å². The van der Waals surface area contributed by atoms with E-state index in [1.54, 1.807) is 4.90 Å². The van der Waals surface area contributed by atoms with Crippen LogP contribution in [0.2, 0.25) is 0 Å². The fourth-order valence-electron chi connectivity index (χ4n) is 3.19. The van der Waals surface area contributed by atoms with E-state index in [1.165, 1.54) is 0 Å². The normalized spacial score (nSPS) is 20.1. The van der Waals surface area contributed by atoms with Crippen LogP contribution in [0.5, 0.6) is 0 Å². The zero-order valence-electron chi connectivity index (χ0n) is 15.1. The SMILES string of the molecule is CC(C)(C)OC(=O)N1CCCc2cc(NC(=O)[C@H]3CCCO3)ccc21. The molecule has 1 saturated heterocycles. The average Bonchev–Trinajstić information content (AvgIpc) is 3.07. The van der Waals surface area contributed by atoms with Gasteiger partial charge in [0.05, 0.1) is 5.69 Å². The number of carbonyl (C=O) groups is 2. The number of nitrogens with zero attached hydrogens (tertiary/aromatic N) is 1. The fourth-order valence-corrected chi connectivity index (χ4v) is 3.19. The number of fused-ring (bicyclic) bond motifs is 1. The van der Waals surface area contributed by atoms with Gasteiger partial charge in [0.1, 0.15) is 11.7 Å². The van der Waals surface area contributed by atoms with Gasteiger partial charge >= 0.3 is 6.09 Å². The summed E-state index contributed by atoms with van der Waals surface area (Å²) in [5.41, 5.74) is 2.12.